The van der Waals surface area contributed by atoms with E-state index in [-0.39, 0.29) is 12.7 Å². The largest absolute Gasteiger partial charge is 0.493 e. The normalized spacial score (nSPS) is 21.0. The van der Waals surface area contributed by atoms with Crippen molar-refractivity contribution in [1.82, 2.24) is 9.80 Å². The molecule has 2 heterocycles. The molecule has 2 aliphatic heterocycles. The second kappa shape index (κ2) is 9.55. The molecule has 0 saturated carbocycles. The van der Waals surface area contributed by atoms with Crippen molar-refractivity contribution in [1.29, 1.82) is 0 Å². The molecule has 0 aliphatic carbocycles. The minimum atomic E-state index is -0.556. The zero-order chi connectivity index (χ0) is 18.4. The first-order valence-corrected chi connectivity index (χ1v) is 9.74. The van der Waals surface area contributed by atoms with E-state index in [1.807, 2.05) is 12.1 Å². The molecule has 1 atom stereocenters. The van der Waals surface area contributed by atoms with Crippen LogP contribution in [0.5, 0.6) is 11.5 Å². The summed E-state index contributed by atoms with van der Waals surface area (Å²) in [6, 6.07) is 6.05. The van der Waals surface area contributed by atoms with Crippen molar-refractivity contribution < 1.29 is 19.7 Å². The quantitative estimate of drug-likeness (QED) is 0.729. The van der Waals surface area contributed by atoms with Gasteiger partial charge in [-0.3, -0.25) is 4.90 Å². The first kappa shape index (κ1) is 19.4. The Morgan fingerprint density at radius 2 is 1.81 bits per heavy atom. The first-order chi connectivity index (χ1) is 12.6. The average molecular weight is 364 g/mol. The molecule has 0 spiro atoms. The number of rotatable bonds is 8. The van der Waals surface area contributed by atoms with Gasteiger partial charge >= 0.3 is 0 Å². The van der Waals surface area contributed by atoms with E-state index in [1.165, 1.54) is 31.5 Å². The molecule has 2 N–H and O–H groups in total. The number of piperidine rings is 1. The highest BCUT2D eigenvalue weighted by Crippen LogP contribution is 2.29. The molecule has 6 nitrogen and oxygen atoms in total. The Morgan fingerprint density at radius 3 is 2.50 bits per heavy atom. The Hall–Kier alpha value is -1.34. The topological polar surface area (TPSA) is 65.4 Å². The van der Waals surface area contributed by atoms with Gasteiger partial charge in [0.1, 0.15) is 12.7 Å². The second-order valence-electron chi connectivity index (χ2n) is 7.47. The number of hydrogen-bond acceptors (Lipinski definition) is 6. The highest BCUT2D eigenvalue weighted by atomic mass is 16.5. The van der Waals surface area contributed by atoms with Gasteiger partial charge in [0.05, 0.1) is 13.2 Å². The summed E-state index contributed by atoms with van der Waals surface area (Å²) in [6.45, 7) is 5.74. The van der Waals surface area contributed by atoms with Gasteiger partial charge in [0, 0.05) is 26.2 Å². The lowest BCUT2D eigenvalue weighted by molar-refractivity contribution is 0.0333. The van der Waals surface area contributed by atoms with E-state index >= 15 is 0 Å². The molecule has 3 rings (SSSR count). The third kappa shape index (κ3) is 5.58. The van der Waals surface area contributed by atoms with Gasteiger partial charge in [0.15, 0.2) is 11.5 Å². The standard InChI is InChI=1S/C20H32N2O4/c1-25-20-12-16(13-21-8-2-3-9-21)4-5-19(20)26-15-18(24)14-22-10-6-17(23)7-11-22/h4-5,12,17-18,23-24H,2-3,6-11,13-15H2,1H3. The number of hydrogen-bond donors (Lipinski definition) is 2. The van der Waals surface area contributed by atoms with Crippen molar-refractivity contribution in [2.75, 3.05) is 46.4 Å². The molecule has 1 aromatic carbocycles. The zero-order valence-electron chi connectivity index (χ0n) is 15.8. The van der Waals surface area contributed by atoms with Crippen LogP contribution in [0, 0.1) is 0 Å². The molecule has 146 valence electrons. The van der Waals surface area contributed by atoms with Crippen LogP contribution in [0.4, 0.5) is 0 Å². The molecule has 26 heavy (non-hydrogen) atoms. The van der Waals surface area contributed by atoms with E-state index < -0.39 is 6.10 Å². The van der Waals surface area contributed by atoms with Crippen LogP contribution >= 0.6 is 0 Å². The van der Waals surface area contributed by atoms with Crippen LogP contribution in [0.2, 0.25) is 0 Å². The Morgan fingerprint density at radius 1 is 1.08 bits per heavy atom. The number of β-amino-alcohol motifs (C(OH)–C–C–N with tert-alkyl or cyclic N) is 1. The maximum Gasteiger partial charge on any atom is 0.161 e. The lowest BCUT2D eigenvalue weighted by Crippen LogP contribution is -2.41. The molecular formula is C20H32N2O4. The van der Waals surface area contributed by atoms with Crippen LogP contribution < -0.4 is 9.47 Å². The van der Waals surface area contributed by atoms with Crippen LogP contribution in [0.3, 0.4) is 0 Å². The summed E-state index contributed by atoms with van der Waals surface area (Å²) in [5, 5.41) is 19.8. The number of aliphatic hydroxyl groups excluding tert-OH is 2. The van der Waals surface area contributed by atoms with Gasteiger partial charge in [-0.05, 0) is 56.5 Å². The third-order valence-electron chi connectivity index (χ3n) is 5.29. The van der Waals surface area contributed by atoms with E-state index in [9.17, 15) is 10.2 Å². The Labute approximate surface area is 156 Å². The number of nitrogens with zero attached hydrogens (tertiary/aromatic N) is 2. The number of benzene rings is 1. The summed E-state index contributed by atoms with van der Waals surface area (Å²) in [6.07, 6.45) is 3.38. The minimum Gasteiger partial charge on any atom is -0.493 e. The van der Waals surface area contributed by atoms with Crippen LogP contribution in [-0.2, 0) is 6.54 Å². The van der Waals surface area contributed by atoms with Crippen molar-refractivity contribution in [3.8, 4) is 11.5 Å². The Bertz CT molecular complexity index is 555. The zero-order valence-corrected chi connectivity index (χ0v) is 15.8. The second-order valence-corrected chi connectivity index (χ2v) is 7.47. The molecule has 0 bridgehead atoms. The van der Waals surface area contributed by atoms with Gasteiger partial charge < -0.3 is 24.6 Å². The fourth-order valence-corrected chi connectivity index (χ4v) is 3.77. The van der Waals surface area contributed by atoms with Gasteiger partial charge in [-0.2, -0.15) is 0 Å². The fourth-order valence-electron chi connectivity index (χ4n) is 3.77. The number of methoxy groups -OCH3 is 1. The van der Waals surface area contributed by atoms with Crippen molar-refractivity contribution in [3.63, 3.8) is 0 Å². The van der Waals surface area contributed by atoms with Crippen LogP contribution in [0.15, 0.2) is 18.2 Å². The summed E-state index contributed by atoms with van der Waals surface area (Å²) < 4.78 is 11.3. The van der Waals surface area contributed by atoms with Crippen molar-refractivity contribution in [3.05, 3.63) is 23.8 Å². The Kier molecular flexibility index (Phi) is 7.14. The molecule has 6 heteroatoms. The lowest BCUT2D eigenvalue weighted by Gasteiger charge is -2.30. The minimum absolute atomic E-state index is 0.192. The molecule has 2 fully saturated rings. The van der Waals surface area contributed by atoms with Crippen molar-refractivity contribution >= 4 is 0 Å². The molecule has 0 amide bonds. The molecular weight excluding hydrogens is 332 g/mol. The van der Waals surface area contributed by atoms with Crippen LogP contribution in [0.25, 0.3) is 0 Å². The lowest BCUT2D eigenvalue weighted by atomic mass is 10.1. The van der Waals surface area contributed by atoms with E-state index in [2.05, 4.69) is 15.9 Å². The van der Waals surface area contributed by atoms with E-state index in [4.69, 9.17) is 9.47 Å². The van der Waals surface area contributed by atoms with Gasteiger partial charge in [-0.15, -0.1) is 0 Å². The van der Waals surface area contributed by atoms with Gasteiger partial charge in [-0.25, -0.2) is 0 Å². The maximum absolute atomic E-state index is 10.3. The molecule has 1 unspecified atom stereocenters. The highest BCUT2D eigenvalue weighted by molar-refractivity contribution is 5.43. The van der Waals surface area contributed by atoms with Gasteiger partial charge in [0.25, 0.3) is 0 Å². The van der Waals surface area contributed by atoms with Crippen LogP contribution in [0.1, 0.15) is 31.2 Å². The summed E-state index contributed by atoms with van der Waals surface area (Å²) in [5.41, 5.74) is 1.23. The number of aliphatic hydroxyl groups is 2. The molecule has 1 aromatic rings. The van der Waals surface area contributed by atoms with Gasteiger partial charge in [-0.1, -0.05) is 6.07 Å². The molecule has 0 radical (unpaired) electrons. The third-order valence-corrected chi connectivity index (χ3v) is 5.29. The summed E-state index contributed by atoms with van der Waals surface area (Å²) >= 11 is 0. The fraction of sp³-hybridized carbons (Fsp3) is 0.700. The van der Waals surface area contributed by atoms with Crippen molar-refractivity contribution in [2.24, 2.45) is 0 Å². The van der Waals surface area contributed by atoms with E-state index in [1.54, 1.807) is 7.11 Å². The smallest absolute Gasteiger partial charge is 0.161 e. The predicted octanol–water partition coefficient (Wildman–Crippen LogP) is 1.49. The molecule has 2 saturated heterocycles. The Balaban J connectivity index is 1.48. The molecule has 0 aromatic heterocycles. The predicted molar refractivity (Wildman–Crippen MR) is 101 cm³/mol. The highest BCUT2D eigenvalue weighted by Gasteiger charge is 2.20. The van der Waals surface area contributed by atoms with Gasteiger partial charge in [0.2, 0.25) is 0 Å². The summed E-state index contributed by atoms with van der Waals surface area (Å²) in [7, 11) is 1.65. The average Bonchev–Trinajstić information content (AvgIpc) is 3.15. The number of likely N-dealkylation sites (tertiary alicyclic amines) is 2. The van der Waals surface area contributed by atoms with E-state index in [0.29, 0.717) is 12.3 Å². The summed E-state index contributed by atoms with van der Waals surface area (Å²) in [5.74, 6) is 1.39. The first-order valence-electron chi connectivity index (χ1n) is 9.74. The van der Waals surface area contributed by atoms with Crippen LogP contribution in [-0.4, -0.2) is 78.7 Å². The number of ether oxygens (including phenoxy) is 2. The maximum atomic E-state index is 10.3. The SMILES string of the molecule is COc1cc(CN2CCCC2)ccc1OCC(O)CN1CCC(O)CC1. The monoisotopic (exact) mass is 364 g/mol. The van der Waals surface area contributed by atoms with Crippen molar-refractivity contribution in [2.45, 2.75) is 44.4 Å². The summed E-state index contributed by atoms with van der Waals surface area (Å²) in [4.78, 5) is 4.63. The van der Waals surface area contributed by atoms with E-state index in [0.717, 1.165) is 38.2 Å². The molecule has 2 aliphatic rings.